The van der Waals surface area contributed by atoms with E-state index in [-0.39, 0.29) is 28.7 Å². The van der Waals surface area contributed by atoms with Gasteiger partial charge in [-0.15, -0.1) is 10.2 Å². The van der Waals surface area contributed by atoms with E-state index in [0.717, 1.165) is 45.7 Å². The highest BCUT2D eigenvalue weighted by atomic mass is 32.2. The monoisotopic (exact) mass is 565 g/mol. The topological polar surface area (TPSA) is 88.4 Å². The van der Waals surface area contributed by atoms with Crippen molar-refractivity contribution < 1.29 is 18.3 Å². The van der Waals surface area contributed by atoms with Gasteiger partial charge >= 0.3 is 6.09 Å². The zero-order valence-corrected chi connectivity index (χ0v) is 24.0. The number of aromatic nitrogens is 4. The van der Waals surface area contributed by atoms with Gasteiger partial charge in [-0.25, -0.2) is 18.3 Å². The number of alkyl halides is 2. The van der Waals surface area contributed by atoms with Crippen molar-refractivity contribution in [3.63, 3.8) is 0 Å². The molecule has 1 unspecified atom stereocenters. The molecular weight excluding hydrogens is 532 g/mol. The summed E-state index contributed by atoms with van der Waals surface area (Å²) >= 11 is 2.39. The fraction of sp³-hybridized carbons (Fsp3) is 0.600. The van der Waals surface area contributed by atoms with Crippen LogP contribution in [0.5, 0.6) is 0 Å². The zero-order valence-electron chi connectivity index (χ0n) is 22.4. The molecule has 38 heavy (non-hydrogen) atoms. The summed E-state index contributed by atoms with van der Waals surface area (Å²) in [5, 5.41) is 13.0. The van der Waals surface area contributed by atoms with Crippen LogP contribution in [0.1, 0.15) is 65.8 Å². The minimum absolute atomic E-state index is 0.0877. The number of hydrogen-bond donors (Lipinski definition) is 1. The fourth-order valence-corrected chi connectivity index (χ4v) is 6.20. The summed E-state index contributed by atoms with van der Waals surface area (Å²) in [5.74, 6) is 0. The molecular formula is C25H33F2N7O2S2. The molecule has 0 spiro atoms. The number of carbonyl (C=O) groups excluding carboxylic acids is 1. The molecule has 206 valence electrons. The van der Waals surface area contributed by atoms with Gasteiger partial charge in [0.1, 0.15) is 5.60 Å². The first-order valence-corrected chi connectivity index (χ1v) is 14.3. The van der Waals surface area contributed by atoms with E-state index in [1.54, 1.807) is 22.8 Å². The zero-order chi connectivity index (χ0) is 27.4. The third-order valence-corrected chi connectivity index (χ3v) is 8.69. The minimum Gasteiger partial charge on any atom is -0.444 e. The van der Waals surface area contributed by atoms with E-state index in [1.807, 2.05) is 45.6 Å². The molecule has 1 N–H and O–H groups in total. The summed E-state index contributed by atoms with van der Waals surface area (Å²) < 4.78 is 37.2. The Bertz CT molecular complexity index is 1320. The average molecular weight is 566 g/mol. The van der Waals surface area contributed by atoms with Crippen molar-refractivity contribution in [2.75, 3.05) is 18.0 Å². The lowest BCUT2D eigenvalue weighted by Crippen LogP contribution is -2.59. The van der Waals surface area contributed by atoms with E-state index in [9.17, 15) is 13.6 Å². The molecule has 0 radical (unpaired) electrons. The molecule has 1 amide bonds. The molecule has 0 bridgehead atoms. The Labute approximate surface area is 229 Å². The van der Waals surface area contributed by atoms with E-state index < -0.39 is 12.0 Å². The van der Waals surface area contributed by atoms with Crippen molar-refractivity contribution in [1.29, 1.82) is 0 Å². The molecule has 1 aromatic carbocycles. The molecule has 2 fully saturated rings. The molecule has 1 saturated carbocycles. The number of piperazine rings is 1. The first-order valence-electron chi connectivity index (χ1n) is 12.7. The van der Waals surface area contributed by atoms with Gasteiger partial charge in [0.05, 0.1) is 23.8 Å². The average Bonchev–Trinajstić information content (AvgIpc) is 3.19. The van der Waals surface area contributed by atoms with E-state index in [0.29, 0.717) is 18.2 Å². The standard InChI is InChI=1S/C25H33F2N7O2S2/c1-14-12-32(13-15(2)33(14)23(35)36-24(3,4)5)18-9-16(38-31-25(6)7-8-25)10-19-17(18)11-28-34(19)22-30-29-21(37-22)20(26)27/h9-11,14-15,20,31H,7-8,12-13H2,1-6H3/t14-,15?/m0/s1. The second kappa shape index (κ2) is 9.91. The maximum absolute atomic E-state index is 13.2. The molecule has 13 heteroatoms. The summed E-state index contributed by atoms with van der Waals surface area (Å²) in [6.07, 6.45) is 0.990. The second-order valence-electron chi connectivity index (χ2n) is 11.4. The first kappa shape index (κ1) is 27.1. The third kappa shape index (κ3) is 5.59. The fourth-order valence-electron chi connectivity index (χ4n) is 4.62. The number of carbonyl (C=O) groups is 1. The van der Waals surface area contributed by atoms with E-state index in [2.05, 4.69) is 37.9 Å². The van der Waals surface area contributed by atoms with Gasteiger partial charge in [0, 0.05) is 34.6 Å². The molecule has 9 nitrogen and oxygen atoms in total. The highest BCUT2D eigenvalue weighted by Gasteiger charge is 2.38. The summed E-state index contributed by atoms with van der Waals surface area (Å²) in [7, 11) is 0. The number of fused-ring (bicyclic) bond motifs is 1. The summed E-state index contributed by atoms with van der Waals surface area (Å²) in [4.78, 5) is 18.0. The quantitative estimate of drug-likeness (QED) is 0.376. The van der Waals surface area contributed by atoms with Crippen LogP contribution in [0.2, 0.25) is 0 Å². The van der Waals surface area contributed by atoms with Gasteiger partial charge in [0.15, 0.2) is 5.01 Å². The van der Waals surface area contributed by atoms with Crippen LogP contribution in [0.4, 0.5) is 19.3 Å². The van der Waals surface area contributed by atoms with Crippen molar-refractivity contribution in [1.82, 2.24) is 29.6 Å². The number of benzene rings is 1. The number of hydrogen-bond acceptors (Lipinski definition) is 9. The summed E-state index contributed by atoms with van der Waals surface area (Å²) in [6.45, 7) is 13.1. The van der Waals surface area contributed by atoms with Gasteiger partial charge in [-0.3, -0.25) is 9.62 Å². The largest absolute Gasteiger partial charge is 0.444 e. The number of halogens is 2. The van der Waals surface area contributed by atoms with Crippen molar-refractivity contribution >= 4 is 46.0 Å². The van der Waals surface area contributed by atoms with Crippen molar-refractivity contribution in [2.24, 2.45) is 0 Å². The molecule has 1 aliphatic carbocycles. The molecule has 2 atom stereocenters. The van der Waals surface area contributed by atoms with Gasteiger partial charge in [0.25, 0.3) is 6.43 Å². The van der Waals surface area contributed by atoms with E-state index in [1.165, 1.54) is 0 Å². The van der Waals surface area contributed by atoms with Crippen LogP contribution in [0, 0.1) is 0 Å². The molecule has 3 aromatic rings. The third-order valence-electron chi connectivity index (χ3n) is 6.72. The van der Waals surface area contributed by atoms with Crippen LogP contribution < -0.4 is 9.62 Å². The normalized spacial score (nSPS) is 21.4. The van der Waals surface area contributed by atoms with Gasteiger partial charge in [-0.2, -0.15) is 5.10 Å². The van der Waals surface area contributed by atoms with Gasteiger partial charge in [0.2, 0.25) is 5.13 Å². The highest BCUT2D eigenvalue weighted by Crippen LogP contribution is 2.40. The second-order valence-corrected chi connectivity index (χ2v) is 13.3. The lowest BCUT2D eigenvalue weighted by Gasteiger charge is -2.45. The van der Waals surface area contributed by atoms with Crippen LogP contribution in [-0.2, 0) is 4.74 Å². The Hall–Kier alpha value is -2.51. The van der Waals surface area contributed by atoms with Crippen LogP contribution in [0.15, 0.2) is 23.2 Å². The van der Waals surface area contributed by atoms with Gasteiger partial charge in [-0.1, -0.05) is 11.3 Å². The van der Waals surface area contributed by atoms with Gasteiger partial charge < -0.3 is 9.64 Å². The molecule has 2 aromatic heterocycles. The molecule has 3 heterocycles. The number of nitrogens with one attached hydrogen (secondary N) is 1. The maximum atomic E-state index is 13.2. The van der Waals surface area contributed by atoms with Crippen LogP contribution in [0.25, 0.3) is 16.0 Å². The number of anilines is 1. The Morgan fingerprint density at radius 3 is 2.47 bits per heavy atom. The number of ether oxygens (including phenoxy) is 1. The summed E-state index contributed by atoms with van der Waals surface area (Å²) in [6, 6.07) is 3.96. The van der Waals surface area contributed by atoms with Crippen molar-refractivity contribution in [3.8, 4) is 5.13 Å². The molecule has 2 aliphatic rings. The number of rotatable bonds is 6. The molecule has 1 aliphatic heterocycles. The predicted octanol–water partition coefficient (Wildman–Crippen LogP) is 5.80. The van der Waals surface area contributed by atoms with Crippen LogP contribution in [-0.4, -0.2) is 67.3 Å². The predicted molar refractivity (Wildman–Crippen MR) is 145 cm³/mol. The van der Waals surface area contributed by atoms with Gasteiger partial charge in [-0.05, 0) is 78.5 Å². The Kier molecular flexibility index (Phi) is 7.06. The Balaban J connectivity index is 1.49. The number of nitrogens with zero attached hydrogens (tertiary/aromatic N) is 6. The minimum atomic E-state index is -2.68. The Morgan fingerprint density at radius 2 is 1.89 bits per heavy atom. The highest BCUT2D eigenvalue weighted by molar-refractivity contribution is 7.97. The molecule has 1 saturated heterocycles. The first-order chi connectivity index (χ1) is 17.8. The van der Waals surface area contributed by atoms with Crippen LogP contribution >= 0.6 is 23.3 Å². The summed E-state index contributed by atoms with van der Waals surface area (Å²) in [5.41, 5.74) is 1.28. The van der Waals surface area contributed by atoms with Crippen molar-refractivity contribution in [2.45, 2.75) is 88.9 Å². The maximum Gasteiger partial charge on any atom is 0.410 e. The lowest BCUT2D eigenvalue weighted by molar-refractivity contribution is 0.00567. The Morgan fingerprint density at radius 1 is 1.21 bits per heavy atom. The van der Waals surface area contributed by atoms with Crippen molar-refractivity contribution in [3.05, 3.63) is 23.3 Å². The van der Waals surface area contributed by atoms with Crippen LogP contribution in [0.3, 0.4) is 0 Å². The smallest absolute Gasteiger partial charge is 0.410 e. The van der Waals surface area contributed by atoms with E-state index >= 15 is 0 Å². The SMILES string of the molecule is CC1CN(c2cc(SNC3(C)CC3)cc3c2cnn3-c2nnc(C(F)F)s2)C[C@H](C)N1C(=O)OC(C)(C)C. The number of amides is 1. The lowest BCUT2D eigenvalue weighted by atomic mass is 10.1. The molecule has 5 rings (SSSR count). The van der Waals surface area contributed by atoms with E-state index in [4.69, 9.17) is 4.74 Å².